The van der Waals surface area contributed by atoms with Crippen LogP contribution in [-0.2, 0) is 0 Å². The Balaban J connectivity index is 1.79. The van der Waals surface area contributed by atoms with Crippen LogP contribution >= 0.6 is 11.6 Å². The number of hydrogen-bond donors (Lipinski definition) is 1. The number of rotatable bonds is 8. The van der Waals surface area contributed by atoms with E-state index in [1.165, 1.54) is 0 Å². The second-order valence-electron chi connectivity index (χ2n) is 7.93. The molecule has 178 valence electrons. The Morgan fingerprint density at radius 3 is 2.65 bits per heavy atom. The topological polar surface area (TPSA) is 89.7 Å². The first kappa shape index (κ1) is 23.6. The Labute approximate surface area is 203 Å². The molecular weight excluding hydrogens is 456 g/mol. The highest BCUT2D eigenvalue weighted by molar-refractivity contribution is 6.30. The van der Waals surface area contributed by atoms with Gasteiger partial charge in [0.05, 0.1) is 25.8 Å². The number of methoxy groups -OCH3 is 2. The molecule has 1 aliphatic rings. The molecule has 1 atom stereocenters. The van der Waals surface area contributed by atoms with E-state index in [0.717, 1.165) is 29.7 Å². The van der Waals surface area contributed by atoms with Gasteiger partial charge in [0.2, 0.25) is 5.82 Å². The molecule has 1 aromatic heterocycles. The fourth-order valence-corrected chi connectivity index (χ4v) is 4.20. The molecular formula is C25H27ClN4O4. The fraction of sp³-hybridized carbons (Fsp3) is 0.320. The highest BCUT2D eigenvalue weighted by atomic mass is 35.5. The number of amides is 2. The molecule has 9 heteroatoms. The van der Waals surface area contributed by atoms with Gasteiger partial charge in [-0.05, 0) is 49.2 Å². The second-order valence-corrected chi connectivity index (χ2v) is 8.37. The number of nitrogens with one attached hydrogen (secondary N) is 1. The molecule has 0 saturated carbocycles. The lowest BCUT2D eigenvalue weighted by atomic mass is 9.94. The fourth-order valence-electron chi connectivity index (χ4n) is 4.01. The predicted molar refractivity (Wildman–Crippen MR) is 130 cm³/mol. The van der Waals surface area contributed by atoms with E-state index >= 15 is 0 Å². The van der Waals surface area contributed by atoms with Gasteiger partial charge >= 0.3 is 6.03 Å². The van der Waals surface area contributed by atoms with Crippen molar-refractivity contribution in [2.45, 2.75) is 32.7 Å². The summed E-state index contributed by atoms with van der Waals surface area (Å²) in [4.78, 5) is 19.4. The first-order valence-corrected chi connectivity index (χ1v) is 11.4. The van der Waals surface area contributed by atoms with Crippen molar-refractivity contribution in [3.8, 4) is 22.9 Å². The number of benzene rings is 2. The van der Waals surface area contributed by atoms with E-state index in [-0.39, 0.29) is 6.03 Å². The van der Waals surface area contributed by atoms with Crippen molar-refractivity contribution in [1.82, 2.24) is 20.4 Å². The van der Waals surface area contributed by atoms with Crippen LogP contribution in [0, 0.1) is 0 Å². The summed E-state index contributed by atoms with van der Waals surface area (Å²) in [6, 6.07) is 12.1. The maximum absolute atomic E-state index is 13.0. The van der Waals surface area contributed by atoms with E-state index in [0.29, 0.717) is 40.3 Å². The average Bonchev–Trinajstić information content (AvgIpc) is 3.33. The number of carbonyl (C=O) groups excluding carboxylic acids is 1. The summed E-state index contributed by atoms with van der Waals surface area (Å²) < 4.78 is 16.4. The molecule has 1 unspecified atom stereocenters. The van der Waals surface area contributed by atoms with E-state index < -0.39 is 6.04 Å². The van der Waals surface area contributed by atoms with Crippen molar-refractivity contribution < 1.29 is 18.8 Å². The Morgan fingerprint density at radius 1 is 1.15 bits per heavy atom. The molecule has 1 N–H and O–H groups in total. The molecule has 34 heavy (non-hydrogen) atoms. The minimum atomic E-state index is -0.484. The molecule has 2 heterocycles. The summed E-state index contributed by atoms with van der Waals surface area (Å²) in [6.07, 6.45) is 1.84. The Hall–Kier alpha value is -3.52. The minimum Gasteiger partial charge on any atom is -0.493 e. The first-order chi connectivity index (χ1) is 16.5. The van der Waals surface area contributed by atoms with Gasteiger partial charge in [-0.3, -0.25) is 4.90 Å². The van der Waals surface area contributed by atoms with Gasteiger partial charge < -0.3 is 19.3 Å². The number of unbranched alkanes of at least 4 members (excludes halogenated alkanes) is 1. The van der Waals surface area contributed by atoms with Gasteiger partial charge in [-0.1, -0.05) is 42.2 Å². The molecule has 2 aromatic carbocycles. The summed E-state index contributed by atoms with van der Waals surface area (Å²) in [5, 5.41) is 7.87. The maximum Gasteiger partial charge on any atom is 0.322 e. The van der Waals surface area contributed by atoms with Crippen molar-refractivity contribution >= 4 is 23.2 Å². The summed E-state index contributed by atoms with van der Waals surface area (Å²) in [7, 11) is 3.15. The third-order valence-electron chi connectivity index (χ3n) is 5.81. The summed E-state index contributed by atoms with van der Waals surface area (Å²) in [5.74, 6) is 1.90. The zero-order valence-corrected chi connectivity index (χ0v) is 20.3. The van der Waals surface area contributed by atoms with Crippen LogP contribution < -0.4 is 14.8 Å². The van der Waals surface area contributed by atoms with E-state index in [9.17, 15) is 4.79 Å². The van der Waals surface area contributed by atoms with E-state index in [4.69, 9.17) is 25.6 Å². The number of allylic oxidation sites excluding steroid dienone is 1. The highest BCUT2D eigenvalue weighted by Gasteiger charge is 2.35. The molecule has 0 fully saturated rings. The molecule has 0 aliphatic carbocycles. The first-order valence-electron chi connectivity index (χ1n) is 11.1. The lowest BCUT2D eigenvalue weighted by Crippen LogP contribution is -2.46. The monoisotopic (exact) mass is 482 g/mol. The van der Waals surface area contributed by atoms with Crippen molar-refractivity contribution in [2.24, 2.45) is 0 Å². The quantitative estimate of drug-likeness (QED) is 0.442. The van der Waals surface area contributed by atoms with Crippen LogP contribution in [0.1, 0.15) is 44.2 Å². The smallest absolute Gasteiger partial charge is 0.322 e. The highest BCUT2D eigenvalue weighted by Crippen LogP contribution is 2.38. The van der Waals surface area contributed by atoms with Crippen LogP contribution in [0.5, 0.6) is 11.5 Å². The van der Waals surface area contributed by atoms with E-state index in [1.54, 1.807) is 37.3 Å². The van der Waals surface area contributed by atoms with Gasteiger partial charge in [-0.2, -0.15) is 4.98 Å². The molecule has 0 saturated heterocycles. The number of carbonyl (C=O) groups is 1. The SMILES string of the molecule is CCCCN1C(=O)NC(c2cccc(Cl)c2)C(c2nc(-c3ccc(OC)c(OC)c3)no2)=C1C. The second kappa shape index (κ2) is 10.2. The largest absolute Gasteiger partial charge is 0.493 e. The van der Waals surface area contributed by atoms with Gasteiger partial charge in [0.15, 0.2) is 11.5 Å². The third-order valence-corrected chi connectivity index (χ3v) is 6.05. The van der Waals surface area contributed by atoms with Crippen LogP contribution in [0.2, 0.25) is 5.02 Å². The number of ether oxygens (including phenoxy) is 2. The number of hydrogen-bond acceptors (Lipinski definition) is 6. The number of nitrogens with zero attached hydrogens (tertiary/aromatic N) is 3. The third kappa shape index (κ3) is 4.59. The van der Waals surface area contributed by atoms with Gasteiger partial charge in [0.25, 0.3) is 5.89 Å². The van der Waals surface area contributed by atoms with E-state index in [2.05, 4.69) is 22.4 Å². The summed E-state index contributed by atoms with van der Waals surface area (Å²) in [5.41, 5.74) is 3.05. The molecule has 1 aliphatic heterocycles. The normalized spacial score (nSPS) is 16.0. The van der Waals surface area contributed by atoms with Crippen molar-refractivity contribution in [2.75, 3.05) is 20.8 Å². The summed E-state index contributed by atoms with van der Waals surface area (Å²) in [6.45, 7) is 4.59. The number of aromatic nitrogens is 2. The van der Waals surface area contributed by atoms with Crippen LogP contribution in [0.3, 0.4) is 0 Å². The minimum absolute atomic E-state index is 0.167. The molecule has 0 spiro atoms. The molecule has 3 aromatic rings. The van der Waals surface area contributed by atoms with Crippen molar-refractivity contribution in [3.63, 3.8) is 0 Å². The molecule has 8 nitrogen and oxygen atoms in total. The van der Waals surface area contributed by atoms with Crippen LogP contribution in [0.4, 0.5) is 4.79 Å². The number of halogens is 1. The van der Waals surface area contributed by atoms with Crippen LogP contribution in [-0.4, -0.2) is 41.8 Å². The number of urea groups is 1. The molecule has 0 bridgehead atoms. The summed E-state index contributed by atoms with van der Waals surface area (Å²) >= 11 is 6.25. The van der Waals surface area contributed by atoms with Gasteiger partial charge in [-0.15, -0.1) is 0 Å². The van der Waals surface area contributed by atoms with Crippen LogP contribution in [0.15, 0.2) is 52.7 Å². The standard InChI is InChI=1S/C25H27ClN4O4/c1-5-6-12-30-15(2)21(22(27-25(30)31)16-8-7-9-18(26)13-16)24-28-23(29-34-24)17-10-11-19(32-3)20(14-17)33-4/h7-11,13-14,22H,5-6,12H2,1-4H3,(H,27,31). The Kier molecular flexibility index (Phi) is 7.07. The lowest BCUT2D eigenvalue weighted by Gasteiger charge is -2.35. The Morgan fingerprint density at radius 2 is 1.94 bits per heavy atom. The van der Waals surface area contributed by atoms with Crippen molar-refractivity contribution in [1.29, 1.82) is 0 Å². The lowest BCUT2D eigenvalue weighted by molar-refractivity contribution is 0.204. The van der Waals surface area contributed by atoms with Gasteiger partial charge in [0, 0.05) is 22.8 Å². The zero-order valence-electron chi connectivity index (χ0n) is 19.6. The average molecular weight is 483 g/mol. The van der Waals surface area contributed by atoms with Gasteiger partial charge in [0.1, 0.15) is 0 Å². The molecule has 0 radical (unpaired) electrons. The molecule has 2 amide bonds. The maximum atomic E-state index is 13.0. The van der Waals surface area contributed by atoms with Crippen LogP contribution in [0.25, 0.3) is 17.0 Å². The predicted octanol–water partition coefficient (Wildman–Crippen LogP) is 5.70. The Bertz CT molecular complexity index is 1220. The van der Waals surface area contributed by atoms with E-state index in [1.807, 2.05) is 31.2 Å². The van der Waals surface area contributed by atoms with Crippen molar-refractivity contribution in [3.05, 3.63) is 64.6 Å². The zero-order chi connectivity index (χ0) is 24.2. The van der Waals surface area contributed by atoms with Gasteiger partial charge in [-0.25, -0.2) is 4.79 Å². The molecule has 4 rings (SSSR count).